The van der Waals surface area contributed by atoms with E-state index in [9.17, 15) is 15.2 Å². The van der Waals surface area contributed by atoms with Crippen LogP contribution in [0.4, 0.5) is 11.4 Å². The lowest BCUT2D eigenvalue weighted by atomic mass is 9.97. The molecule has 0 spiro atoms. The van der Waals surface area contributed by atoms with Crippen molar-refractivity contribution in [3.05, 3.63) is 33.3 Å². The minimum atomic E-state index is -0.865. The molecule has 18 heavy (non-hydrogen) atoms. The summed E-state index contributed by atoms with van der Waals surface area (Å²) in [7, 11) is 0. The van der Waals surface area contributed by atoms with Gasteiger partial charge in [0.15, 0.2) is 0 Å². The molecule has 100 valence electrons. The molecule has 0 aliphatic heterocycles. The van der Waals surface area contributed by atoms with Gasteiger partial charge < -0.3 is 10.4 Å². The number of nitro benzene ring substituents is 1. The molecule has 0 atom stereocenters. The van der Waals surface area contributed by atoms with Crippen molar-refractivity contribution in [3.8, 4) is 0 Å². The lowest BCUT2D eigenvalue weighted by Crippen LogP contribution is -2.35. The summed E-state index contributed by atoms with van der Waals surface area (Å²) in [6.45, 7) is 4.00. The van der Waals surface area contributed by atoms with Gasteiger partial charge in [0.05, 0.1) is 10.5 Å². The smallest absolute Gasteiger partial charge is 0.310 e. The quantitative estimate of drug-likeness (QED) is 0.616. The van der Waals surface area contributed by atoms with E-state index in [2.05, 4.69) is 5.32 Å². The summed E-state index contributed by atoms with van der Waals surface area (Å²) < 4.78 is 0. The molecule has 5 nitrogen and oxygen atoms in total. The Morgan fingerprint density at radius 1 is 1.44 bits per heavy atom. The summed E-state index contributed by atoms with van der Waals surface area (Å²) in [5.41, 5.74) is -0.697. The summed E-state index contributed by atoms with van der Waals surface area (Å²) in [5.74, 6) is 0. The number of benzene rings is 1. The van der Waals surface area contributed by atoms with Crippen molar-refractivity contribution in [1.29, 1.82) is 0 Å². The van der Waals surface area contributed by atoms with E-state index >= 15 is 0 Å². The van der Waals surface area contributed by atoms with Gasteiger partial charge in [-0.2, -0.15) is 0 Å². The number of nitrogens with zero attached hydrogens (tertiary/aromatic N) is 1. The predicted molar refractivity (Wildman–Crippen MR) is 72.1 cm³/mol. The van der Waals surface area contributed by atoms with E-state index in [4.69, 9.17) is 11.6 Å². The Hall–Kier alpha value is -1.33. The second-order valence-corrected chi connectivity index (χ2v) is 4.59. The minimum Gasteiger partial charge on any atom is -0.388 e. The van der Waals surface area contributed by atoms with Crippen LogP contribution in [0.1, 0.15) is 26.7 Å². The summed E-state index contributed by atoms with van der Waals surface area (Å²) in [6, 6.07) is 4.68. The third-order valence-electron chi connectivity index (χ3n) is 3.09. The van der Waals surface area contributed by atoms with Gasteiger partial charge in [0.25, 0.3) is 0 Å². The Bertz CT molecular complexity index is 433. The fourth-order valence-corrected chi connectivity index (χ4v) is 1.85. The number of rotatable bonds is 6. The molecule has 1 aromatic rings. The van der Waals surface area contributed by atoms with Crippen LogP contribution >= 0.6 is 11.6 Å². The fraction of sp³-hybridized carbons (Fsp3) is 0.500. The van der Waals surface area contributed by atoms with E-state index in [0.29, 0.717) is 18.5 Å². The maximum absolute atomic E-state index is 10.9. The SMILES string of the molecule is CCC(O)(CC)CNc1cccc(Cl)c1[N+](=O)[O-]. The third-order valence-corrected chi connectivity index (χ3v) is 3.40. The predicted octanol–water partition coefficient (Wildman–Crippen LogP) is 3.21. The highest BCUT2D eigenvalue weighted by Crippen LogP contribution is 2.32. The van der Waals surface area contributed by atoms with Gasteiger partial charge in [-0.15, -0.1) is 0 Å². The number of para-hydroxylation sites is 1. The first-order valence-electron chi connectivity index (χ1n) is 5.82. The Morgan fingerprint density at radius 2 is 2.06 bits per heavy atom. The maximum atomic E-state index is 10.9. The van der Waals surface area contributed by atoms with Crippen LogP contribution in [0.25, 0.3) is 0 Å². The zero-order chi connectivity index (χ0) is 13.8. The number of nitro groups is 1. The molecule has 0 aliphatic rings. The van der Waals surface area contributed by atoms with Crippen LogP contribution in [0.2, 0.25) is 5.02 Å². The molecule has 2 N–H and O–H groups in total. The highest BCUT2D eigenvalue weighted by Gasteiger charge is 2.24. The van der Waals surface area contributed by atoms with E-state index in [1.54, 1.807) is 12.1 Å². The van der Waals surface area contributed by atoms with Crippen molar-refractivity contribution in [2.45, 2.75) is 32.3 Å². The first kappa shape index (κ1) is 14.7. The highest BCUT2D eigenvalue weighted by molar-refractivity contribution is 6.33. The number of hydrogen-bond acceptors (Lipinski definition) is 4. The van der Waals surface area contributed by atoms with Gasteiger partial charge in [-0.1, -0.05) is 31.5 Å². The van der Waals surface area contributed by atoms with Gasteiger partial charge in [-0.25, -0.2) is 0 Å². The molecule has 0 heterocycles. The zero-order valence-electron chi connectivity index (χ0n) is 10.4. The van der Waals surface area contributed by atoms with Gasteiger partial charge in [-0.3, -0.25) is 10.1 Å². The second kappa shape index (κ2) is 6.02. The Kier molecular flexibility index (Phi) is 4.93. The Labute approximate surface area is 111 Å². The molecule has 0 unspecified atom stereocenters. The van der Waals surface area contributed by atoms with Crippen molar-refractivity contribution in [1.82, 2.24) is 0 Å². The van der Waals surface area contributed by atoms with E-state index in [-0.39, 0.29) is 17.3 Å². The van der Waals surface area contributed by atoms with E-state index in [1.807, 2.05) is 13.8 Å². The summed E-state index contributed by atoms with van der Waals surface area (Å²) in [6.07, 6.45) is 1.15. The second-order valence-electron chi connectivity index (χ2n) is 4.18. The number of nitrogens with one attached hydrogen (secondary N) is 1. The molecule has 0 saturated heterocycles. The minimum absolute atomic E-state index is 0.0848. The highest BCUT2D eigenvalue weighted by atomic mass is 35.5. The molecule has 0 aliphatic carbocycles. The number of aliphatic hydroxyl groups is 1. The fourth-order valence-electron chi connectivity index (χ4n) is 1.60. The first-order valence-corrected chi connectivity index (χ1v) is 6.20. The molecular formula is C12H17ClN2O3. The average molecular weight is 273 g/mol. The van der Waals surface area contributed by atoms with Crippen LogP contribution in [0.15, 0.2) is 18.2 Å². The maximum Gasteiger partial charge on any atom is 0.310 e. The summed E-state index contributed by atoms with van der Waals surface area (Å²) >= 11 is 5.80. The van der Waals surface area contributed by atoms with Crippen LogP contribution < -0.4 is 5.32 Å². The van der Waals surface area contributed by atoms with Gasteiger partial charge in [0, 0.05) is 6.54 Å². The van der Waals surface area contributed by atoms with Gasteiger partial charge >= 0.3 is 5.69 Å². The standard InChI is InChI=1S/C12H17ClN2O3/c1-3-12(16,4-2)8-14-10-7-5-6-9(13)11(10)15(17)18/h5-7,14,16H,3-4,8H2,1-2H3. The Balaban J connectivity index is 2.92. The third kappa shape index (κ3) is 3.34. The molecular weight excluding hydrogens is 256 g/mol. The van der Waals surface area contributed by atoms with Crippen LogP contribution in [-0.2, 0) is 0 Å². The van der Waals surface area contributed by atoms with Crippen molar-refractivity contribution < 1.29 is 10.0 Å². The molecule has 1 aromatic carbocycles. The van der Waals surface area contributed by atoms with Gasteiger partial charge in [-0.05, 0) is 25.0 Å². The summed E-state index contributed by atoms with van der Waals surface area (Å²) in [5, 5.41) is 24.0. The zero-order valence-corrected chi connectivity index (χ0v) is 11.2. The van der Waals surface area contributed by atoms with E-state index in [0.717, 1.165) is 0 Å². The lowest BCUT2D eigenvalue weighted by molar-refractivity contribution is -0.383. The topological polar surface area (TPSA) is 75.4 Å². The van der Waals surface area contributed by atoms with Crippen molar-refractivity contribution in [3.63, 3.8) is 0 Å². The van der Waals surface area contributed by atoms with Gasteiger partial charge in [0.1, 0.15) is 10.7 Å². The molecule has 0 aromatic heterocycles. The van der Waals surface area contributed by atoms with Crippen LogP contribution in [0.3, 0.4) is 0 Å². The number of hydrogen-bond donors (Lipinski definition) is 2. The number of anilines is 1. The molecule has 0 amide bonds. The molecule has 6 heteroatoms. The molecule has 0 radical (unpaired) electrons. The van der Waals surface area contributed by atoms with Crippen LogP contribution in [-0.4, -0.2) is 22.2 Å². The largest absolute Gasteiger partial charge is 0.388 e. The number of halogens is 1. The first-order chi connectivity index (χ1) is 8.43. The average Bonchev–Trinajstić information content (AvgIpc) is 2.35. The van der Waals surface area contributed by atoms with Crippen LogP contribution in [0, 0.1) is 10.1 Å². The lowest BCUT2D eigenvalue weighted by Gasteiger charge is -2.25. The van der Waals surface area contributed by atoms with Gasteiger partial charge in [0.2, 0.25) is 0 Å². The normalized spacial score (nSPS) is 11.3. The molecule has 1 rings (SSSR count). The monoisotopic (exact) mass is 272 g/mol. The van der Waals surface area contributed by atoms with E-state index < -0.39 is 10.5 Å². The van der Waals surface area contributed by atoms with Crippen LogP contribution in [0.5, 0.6) is 0 Å². The van der Waals surface area contributed by atoms with E-state index in [1.165, 1.54) is 6.07 Å². The van der Waals surface area contributed by atoms with Crippen molar-refractivity contribution >= 4 is 23.0 Å². The Morgan fingerprint density at radius 3 is 2.56 bits per heavy atom. The summed E-state index contributed by atoms with van der Waals surface area (Å²) in [4.78, 5) is 10.4. The van der Waals surface area contributed by atoms with Crippen molar-refractivity contribution in [2.24, 2.45) is 0 Å². The molecule has 0 saturated carbocycles. The molecule has 0 bridgehead atoms. The van der Waals surface area contributed by atoms with Crippen molar-refractivity contribution in [2.75, 3.05) is 11.9 Å². The molecule has 0 fully saturated rings.